The van der Waals surface area contributed by atoms with Crippen molar-refractivity contribution < 1.29 is 24.2 Å². The van der Waals surface area contributed by atoms with Crippen molar-refractivity contribution in [2.24, 2.45) is 0 Å². The first-order valence-corrected chi connectivity index (χ1v) is 11.3. The van der Waals surface area contributed by atoms with Crippen molar-refractivity contribution in [2.75, 3.05) is 19.1 Å². The summed E-state index contributed by atoms with van der Waals surface area (Å²) in [5.74, 6) is -0.772. The van der Waals surface area contributed by atoms with Crippen LogP contribution in [0, 0.1) is 0 Å². The number of hydrogen-bond acceptors (Lipinski definition) is 7. The largest absolute Gasteiger partial charge is 0.507 e. The number of ether oxygens (including phenoxy) is 2. The highest BCUT2D eigenvalue weighted by molar-refractivity contribution is 7.22. The minimum atomic E-state index is -0.853. The standard InChI is InChI=1S/C26H20N2O5S/c1-32-16-12-13-18-20(14-16)34-26(27-18)28-22(15-8-4-3-5-9-15)21(24(30)25(28)31)23(29)17-10-6-7-11-19(17)33-2/h3-14,22,29H,1-2H3. The molecule has 1 unspecified atom stereocenters. The van der Waals surface area contributed by atoms with E-state index in [-0.39, 0.29) is 11.3 Å². The van der Waals surface area contributed by atoms with Gasteiger partial charge < -0.3 is 14.6 Å². The summed E-state index contributed by atoms with van der Waals surface area (Å²) in [6.45, 7) is 0. The predicted molar refractivity (Wildman–Crippen MR) is 130 cm³/mol. The Kier molecular flexibility index (Phi) is 5.51. The van der Waals surface area contributed by atoms with Crippen LogP contribution >= 0.6 is 11.3 Å². The summed E-state index contributed by atoms with van der Waals surface area (Å²) in [4.78, 5) is 32.6. The van der Waals surface area contributed by atoms with Gasteiger partial charge in [-0.15, -0.1) is 0 Å². The molecule has 5 rings (SSSR count). The first-order chi connectivity index (χ1) is 16.5. The number of fused-ring (bicyclic) bond motifs is 1. The Morgan fingerprint density at radius 2 is 1.71 bits per heavy atom. The van der Waals surface area contributed by atoms with Gasteiger partial charge in [0.15, 0.2) is 5.13 Å². The molecule has 0 spiro atoms. The van der Waals surface area contributed by atoms with Gasteiger partial charge in [0, 0.05) is 0 Å². The number of aliphatic hydroxyl groups excluding tert-OH is 1. The zero-order valence-electron chi connectivity index (χ0n) is 18.4. The van der Waals surface area contributed by atoms with Gasteiger partial charge in [0.2, 0.25) is 0 Å². The summed E-state index contributed by atoms with van der Waals surface area (Å²) in [5.41, 5.74) is 1.67. The molecule has 0 radical (unpaired) electrons. The second-order valence-corrected chi connectivity index (χ2v) is 8.62. The summed E-state index contributed by atoms with van der Waals surface area (Å²) in [7, 11) is 3.06. The summed E-state index contributed by atoms with van der Waals surface area (Å²) < 4.78 is 11.5. The first kappa shape index (κ1) is 21.7. The van der Waals surface area contributed by atoms with Crippen molar-refractivity contribution in [2.45, 2.75) is 6.04 Å². The normalized spacial score (nSPS) is 17.4. The number of hydrogen-bond donors (Lipinski definition) is 1. The van der Waals surface area contributed by atoms with E-state index in [1.54, 1.807) is 43.5 Å². The van der Waals surface area contributed by atoms with Crippen molar-refractivity contribution in [3.63, 3.8) is 0 Å². The average molecular weight is 473 g/mol. The second kappa shape index (κ2) is 8.64. The van der Waals surface area contributed by atoms with Crippen LogP contribution in [0.25, 0.3) is 16.0 Å². The van der Waals surface area contributed by atoms with E-state index in [4.69, 9.17) is 9.47 Å². The van der Waals surface area contributed by atoms with Gasteiger partial charge in [0.05, 0.1) is 41.6 Å². The fourth-order valence-corrected chi connectivity index (χ4v) is 5.11. The van der Waals surface area contributed by atoms with E-state index in [0.29, 0.717) is 33.3 Å². The number of Topliss-reactive ketones (excluding diaryl/α,β-unsaturated/α-hetero) is 1. The molecule has 170 valence electrons. The van der Waals surface area contributed by atoms with Crippen LogP contribution in [0.4, 0.5) is 5.13 Å². The smallest absolute Gasteiger partial charge is 0.301 e. The number of aromatic nitrogens is 1. The molecule has 0 saturated carbocycles. The Labute approximate surface area is 199 Å². The molecule has 4 aromatic rings. The van der Waals surface area contributed by atoms with Gasteiger partial charge in [-0.2, -0.15) is 0 Å². The summed E-state index contributed by atoms with van der Waals surface area (Å²) in [5, 5.41) is 11.7. The van der Waals surface area contributed by atoms with E-state index in [2.05, 4.69) is 4.98 Å². The third-order valence-corrected chi connectivity index (χ3v) is 6.73. The highest BCUT2D eigenvalue weighted by atomic mass is 32.1. The fourth-order valence-electron chi connectivity index (χ4n) is 4.09. The number of benzene rings is 3. The Hall–Kier alpha value is -4.17. The molecule has 34 heavy (non-hydrogen) atoms. The molecular weight excluding hydrogens is 452 g/mol. The van der Waals surface area contributed by atoms with E-state index in [1.807, 2.05) is 36.4 Å². The molecule has 1 saturated heterocycles. The quantitative estimate of drug-likeness (QED) is 0.251. The lowest BCUT2D eigenvalue weighted by atomic mass is 9.95. The van der Waals surface area contributed by atoms with Crippen LogP contribution in [0.3, 0.4) is 0 Å². The SMILES string of the molecule is COc1ccc2nc(N3C(=O)C(=O)C(=C(O)c4ccccc4OC)C3c3ccccc3)sc2c1. The molecule has 1 aromatic heterocycles. The van der Waals surface area contributed by atoms with Gasteiger partial charge in [-0.3, -0.25) is 14.5 Å². The van der Waals surface area contributed by atoms with Crippen LogP contribution < -0.4 is 14.4 Å². The lowest BCUT2D eigenvalue weighted by Crippen LogP contribution is -2.29. The van der Waals surface area contributed by atoms with Gasteiger partial charge in [-0.1, -0.05) is 53.8 Å². The number of carbonyl (C=O) groups is 2. The predicted octanol–water partition coefficient (Wildman–Crippen LogP) is 4.94. The van der Waals surface area contributed by atoms with Gasteiger partial charge in [-0.05, 0) is 35.9 Å². The molecule has 1 atom stereocenters. The Morgan fingerprint density at radius 1 is 0.971 bits per heavy atom. The summed E-state index contributed by atoms with van der Waals surface area (Å²) >= 11 is 1.28. The lowest BCUT2D eigenvalue weighted by Gasteiger charge is -2.23. The Balaban J connectivity index is 1.73. The summed E-state index contributed by atoms with van der Waals surface area (Å²) in [6.07, 6.45) is 0. The number of thiazole rings is 1. The number of nitrogens with zero attached hydrogens (tertiary/aromatic N) is 2. The van der Waals surface area contributed by atoms with Gasteiger partial charge in [-0.25, -0.2) is 4.98 Å². The second-order valence-electron chi connectivity index (χ2n) is 7.61. The molecule has 1 aliphatic rings. The van der Waals surface area contributed by atoms with Crippen molar-refractivity contribution in [1.29, 1.82) is 0 Å². The van der Waals surface area contributed by atoms with E-state index in [0.717, 1.165) is 4.70 Å². The van der Waals surface area contributed by atoms with Crippen LogP contribution in [-0.4, -0.2) is 36.0 Å². The highest BCUT2D eigenvalue weighted by Crippen LogP contribution is 2.45. The van der Waals surface area contributed by atoms with Crippen molar-refractivity contribution in [3.05, 3.63) is 89.5 Å². The fraction of sp³-hybridized carbons (Fsp3) is 0.115. The molecule has 0 bridgehead atoms. The molecule has 1 amide bonds. The van der Waals surface area contributed by atoms with Crippen molar-refractivity contribution >= 4 is 44.1 Å². The molecule has 7 nitrogen and oxygen atoms in total. The number of para-hydroxylation sites is 1. The molecule has 1 aliphatic heterocycles. The van der Waals surface area contributed by atoms with Crippen LogP contribution in [0.1, 0.15) is 17.2 Å². The minimum absolute atomic E-state index is 0.0162. The van der Waals surface area contributed by atoms with Gasteiger partial charge >= 0.3 is 5.91 Å². The van der Waals surface area contributed by atoms with Crippen LogP contribution in [0.5, 0.6) is 11.5 Å². The number of amides is 1. The summed E-state index contributed by atoms with van der Waals surface area (Å²) in [6, 6.07) is 20.5. The van der Waals surface area contributed by atoms with E-state index >= 15 is 0 Å². The maximum absolute atomic E-state index is 13.3. The maximum atomic E-state index is 13.3. The van der Waals surface area contributed by atoms with Crippen molar-refractivity contribution in [1.82, 2.24) is 4.98 Å². The third-order valence-electron chi connectivity index (χ3n) is 5.71. The zero-order chi connectivity index (χ0) is 23.8. The van der Waals surface area contributed by atoms with E-state index in [9.17, 15) is 14.7 Å². The monoisotopic (exact) mass is 472 g/mol. The zero-order valence-corrected chi connectivity index (χ0v) is 19.2. The number of anilines is 1. The van der Waals surface area contributed by atoms with Gasteiger partial charge in [0.1, 0.15) is 17.3 Å². The van der Waals surface area contributed by atoms with E-state index < -0.39 is 17.7 Å². The highest BCUT2D eigenvalue weighted by Gasteiger charge is 2.48. The number of carbonyl (C=O) groups excluding carboxylic acids is 2. The Bertz CT molecular complexity index is 1440. The third kappa shape index (κ3) is 3.48. The van der Waals surface area contributed by atoms with Crippen molar-refractivity contribution in [3.8, 4) is 11.5 Å². The molecule has 1 N–H and O–H groups in total. The number of ketones is 1. The lowest BCUT2D eigenvalue weighted by molar-refractivity contribution is -0.132. The number of aliphatic hydroxyl groups is 1. The Morgan fingerprint density at radius 3 is 2.44 bits per heavy atom. The molecule has 0 aliphatic carbocycles. The van der Waals surface area contributed by atoms with E-state index in [1.165, 1.54) is 23.3 Å². The first-order valence-electron chi connectivity index (χ1n) is 10.5. The number of rotatable bonds is 5. The molecule has 2 heterocycles. The van der Waals surface area contributed by atoms with Crippen LogP contribution in [0.15, 0.2) is 78.4 Å². The maximum Gasteiger partial charge on any atom is 0.301 e. The molecular formula is C26H20N2O5S. The number of methoxy groups -OCH3 is 2. The molecule has 1 fully saturated rings. The topological polar surface area (TPSA) is 89.0 Å². The van der Waals surface area contributed by atoms with Gasteiger partial charge in [0.25, 0.3) is 5.78 Å². The molecule has 8 heteroatoms. The average Bonchev–Trinajstić information content (AvgIpc) is 3.41. The minimum Gasteiger partial charge on any atom is -0.507 e. The van der Waals surface area contributed by atoms with Crippen LogP contribution in [-0.2, 0) is 9.59 Å². The molecule has 3 aromatic carbocycles. The van der Waals surface area contributed by atoms with Crippen LogP contribution in [0.2, 0.25) is 0 Å².